The molecule has 40 heavy (non-hydrogen) atoms. The number of hydrogen-bond donors (Lipinski definition) is 0. The fourth-order valence-electron chi connectivity index (χ4n) is 15.3. The lowest BCUT2D eigenvalue weighted by atomic mass is 9.36. The van der Waals surface area contributed by atoms with Crippen molar-refractivity contribution in [3.05, 3.63) is 0 Å². The van der Waals surface area contributed by atoms with Crippen LogP contribution >= 0.6 is 0 Å². The van der Waals surface area contributed by atoms with Crippen molar-refractivity contribution >= 4 is 11.9 Å². The molecule has 9 aliphatic carbocycles. The van der Waals surface area contributed by atoms with Gasteiger partial charge in [-0.15, -0.1) is 0 Å². The zero-order valence-electron chi connectivity index (χ0n) is 26.5. The molecule has 9 rings (SSSR count). The van der Waals surface area contributed by atoms with Gasteiger partial charge in [-0.05, 0) is 147 Å². The van der Waals surface area contributed by atoms with E-state index in [9.17, 15) is 9.59 Å². The molecular weight excluding hydrogens is 496 g/mol. The first-order valence-corrected chi connectivity index (χ1v) is 16.8. The van der Waals surface area contributed by atoms with Gasteiger partial charge in [0.1, 0.15) is 0 Å². The minimum Gasteiger partial charge on any atom is -0.465 e. The second-order valence-electron chi connectivity index (χ2n) is 19.6. The predicted octanol–water partition coefficient (Wildman–Crippen LogP) is 8.65. The number of ether oxygens (including phenoxy) is 2. The highest BCUT2D eigenvalue weighted by molar-refractivity contribution is 5.78. The van der Waals surface area contributed by atoms with Gasteiger partial charge < -0.3 is 9.47 Å². The second-order valence-corrected chi connectivity index (χ2v) is 19.6. The van der Waals surface area contributed by atoms with Crippen LogP contribution in [-0.2, 0) is 19.1 Å². The summed E-state index contributed by atoms with van der Waals surface area (Å²) < 4.78 is 12.4. The molecule has 0 N–H and O–H groups in total. The molecule has 9 aliphatic rings. The molecule has 0 unspecified atom stereocenters. The average Bonchev–Trinajstić information content (AvgIpc) is 2.75. The van der Waals surface area contributed by atoms with Crippen LogP contribution < -0.4 is 0 Å². The van der Waals surface area contributed by atoms with Gasteiger partial charge in [0.2, 0.25) is 0 Å². The molecule has 0 spiro atoms. The predicted molar refractivity (Wildman–Crippen MR) is 156 cm³/mol. The van der Waals surface area contributed by atoms with Crippen LogP contribution in [0.2, 0.25) is 0 Å². The molecule has 0 atom stereocenters. The zero-order valence-corrected chi connectivity index (χ0v) is 26.5. The van der Waals surface area contributed by atoms with Gasteiger partial charge in [0.25, 0.3) is 0 Å². The molecule has 9 saturated carbocycles. The maximum atomic E-state index is 13.7. The first-order chi connectivity index (χ1) is 18.5. The first kappa shape index (κ1) is 27.8. The highest BCUT2D eigenvalue weighted by Gasteiger charge is 2.68. The summed E-state index contributed by atoms with van der Waals surface area (Å²) in [5.41, 5.74) is 1.31. The number of hydrogen-bond acceptors (Lipinski definition) is 4. The van der Waals surface area contributed by atoms with E-state index in [4.69, 9.17) is 9.47 Å². The monoisotopic (exact) mass is 552 g/mol. The summed E-state index contributed by atoms with van der Waals surface area (Å²) in [6.45, 7) is 15.7. The minimum absolute atomic E-state index is 0.109. The van der Waals surface area contributed by atoms with Crippen molar-refractivity contribution in [1.82, 2.24) is 0 Å². The van der Waals surface area contributed by atoms with Gasteiger partial charge >= 0.3 is 11.9 Å². The maximum absolute atomic E-state index is 13.7. The van der Waals surface area contributed by atoms with Crippen molar-refractivity contribution in [2.24, 2.45) is 55.2 Å². The summed E-state index contributed by atoms with van der Waals surface area (Å²) in [7, 11) is 0. The Labute approximate surface area is 243 Å². The molecule has 224 valence electrons. The van der Waals surface area contributed by atoms with Crippen molar-refractivity contribution in [2.75, 3.05) is 13.2 Å². The van der Waals surface area contributed by atoms with Gasteiger partial charge in [0, 0.05) is 0 Å². The average molecular weight is 553 g/mol. The molecule has 9 fully saturated rings. The molecule has 0 aromatic heterocycles. The molecule has 0 aromatic rings. The SMILES string of the molecule is CC12CC3(C)CC(C)(C1)CC(C(=O)OCC1CCC(COC(=O)C45CC6(C)CC(C)(CC(C)(C6)C4)C5)CC1)(C2)C3. The number of esters is 2. The topological polar surface area (TPSA) is 52.6 Å². The largest absolute Gasteiger partial charge is 0.465 e. The third kappa shape index (κ3) is 4.50. The summed E-state index contributed by atoms with van der Waals surface area (Å²) >= 11 is 0. The van der Waals surface area contributed by atoms with Gasteiger partial charge in [-0.25, -0.2) is 0 Å². The van der Waals surface area contributed by atoms with E-state index in [1.807, 2.05) is 0 Å². The Hall–Kier alpha value is -1.06. The summed E-state index contributed by atoms with van der Waals surface area (Å²) in [4.78, 5) is 27.3. The van der Waals surface area contributed by atoms with Gasteiger partial charge in [-0.1, -0.05) is 41.5 Å². The third-order valence-electron chi connectivity index (χ3n) is 13.4. The van der Waals surface area contributed by atoms with E-state index >= 15 is 0 Å². The van der Waals surface area contributed by atoms with Crippen LogP contribution in [0.3, 0.4) is 0 Å². The number of rotatable bonds is 6. The Morgan fingerprint density at radius 2 is 0.675 bits per heavy atom. The van der Waals surface area contributed by atoms with E-state index in [-0.39, 0.29) is 22.8 Å². The Balaban J connectivity index is 0.901. The van der Waals surface area contributed by atoms with Crippen molar-refractivity contribution in [3.8, 4) is 0 Å². The Bertz CT molecular complexity index is 903. The molecule has 0 aromatic carbocycles. The normalized spacial score (nSPS) is 55.9. The molecule has 0 amide bonds. The summed E-state index contributed by atoms with van der Waals surface area (Å²) in [6.07, 6.45) is 18.1. The van der Waals surface area contributed by atoms with Gasteiger partial charge in [-0.2, -0.15) is 0 Å². The van der Waals surface area contributed by atoms with Crippen LogP contribution in [0.1, 0.15) is 144 Å². The number of carbonyl (C=O) groups is 2. The van der Waals surface area contributed by atoms with E-state index in [2.05, 4.69) is 41.5 Å². The smallest absolute Gasteiger partial charge is 0.312 e. The summed E-state index contributed by atoms with van der Waals surface area (Å²) in [5, 5.41) is 0. The van der Waals surface area contributed by atoms with Gasteiger partial charge in [0.15, 0.2) is 0 Å². The van der Waals surface area contributed by atoms with Crippen LogP contribution in [0.5, 0.6) is 0 Å². The van der Waals surface area contributed by atoms with E-state index in [1.165, 1.54) is 38.5 Å². The van der Waals surface area contributed by atoms with Crippen molar-refractivity contribution in [2.45, 2.75) is 144 Å². The van der Waals surface area contributed by atoms with E-state index in [1.54, 1.807) is 0 Å². The number of carbonyl (C=O) groups excluding carboxylic acids is 2. The summed E-state index contributed by atoms with van der Waals surface area (Å²) in [6, 6.07) is 0. The van der Waals surface area contributed by atoms with Crippen LogP contribution in [0.25, 0.3) is 0 Å². The van der Waals surface area contributed by atoms with Crippen LogP contribution in [-0.4, -0.2) is 25.2 Å². The molecule has 0 aliphatic heterocycles. The van der Waals surface area contributed by atoms with Gasteiger partial charge in [-0.3, -0.25) is 9.59 Å². The minimum atomic E-state index is -0.249. The Morgan fingerprint density at radius 1 is 0.450 bits per heavy atom. The fraction of sp³-hybridized carbons (Fsp3) is 0.944. The fourth-order valence-corrected chi connectivity index (χ4v) is 15.3. The first-order valence-electron chi connectivity index (χ1n) is 16.8. The highest BCUT2D eigenvalue weighted by Crippen LogP contribution is 2.75. The lowest BCUT2D eigenvalue weighted by molar-refractivity contribution is -0.210. The van der Waals surface area contributed by atoms with Crippen molar-refractivity contribution in [1.29, 1.82) is 0 Å². The van der Waals surface area contributed by atoms with Crippen LogP contribution in [0.15, 0.2) is 0 Å². The lowest BCUT2D eigenvalue weighted by Gasteiger charge is -2.68. The molecular formula is C36H56O4. The molecule has 0 heterocycles. The van der Waals surface area contributed by atoms with Gasteiger partial charge in [0.05, 0.1) is 24.0 Å². The molecule has 8 bridgehead atoms. The van der Waals surface area contributed by atoms with Crippen molar-refractivity contribution < 1.29 is 19.1 Å². The standard InChI is InChI=1S/C36H56O4/c1-29-13-30(2)15-31(3,14-29)21-35(19-29,20-30)27(37)39-11-25-7-9-26(10-8-25)12-40-28(38)36-22-32(4)16-33(5,23-36)18-34(6,17-32)24-36/h25-26H,7-24H2,1-6H3. The molecule has 4 heteroatoms. The van der Waals surface area contributed by atoms with Crippen LogP contribution in [0, 0.1) is 55.2 Å². The molecule has 0 radical (unpaired) electrons. The molecule has 4 nitrogen and oxygen atoms in total. The third-order valence-corrected chi connectivity index (χ3v) is 13.4. The second kappa shape index (κ2) is 8.31. The van der Waals surface area contributed by atoms with E-state index in [0.29, 0.717) is 57.5 Å². The van der Waals surface area contributed by atoms with Crippen LogP contribution in [0.4, 0.5) is 0 Å². The highest BCUT2D eigenvalue weighted by atomic mass is 16.5. The quantitative estimate of drug-likeness (QED) is 0.309. The summed E-state index contributed by atoms with van der Waals surface area (Å²) in [5.74, 6) is 1.13. The lowest BCUT2D eigenvalue weighted by Crippen LogP contribution is -2.61. The molecule has 0 saturated heterocycles. The zero-order chi connectivity index (χ0) is 28.5. The van der Waals surface area contributed by atoms with Crippen molar-refractivity contribution in [3.63, 3.8) is 0 Å². The Kier molecular flexibility index (Phi) is 5.76. The van der Waals surface area contributed by atoms with E-state index < -0.39 is 0 Å². The van der Waals surface area contributed by atoms with E-state index in [0.717, 1.165) is 64.2 Å². The maximum Gasteiger partial charge on any atom is 0.312 e. The Morgan fingerprint density at radius 3 is 0.900 bits per heavy atom.